The normalized spacial score (nSPS) is 14.3. The number of anilines is 1. The lowest BCUT2D eigenvalue weighted by molar-refractivity contribution is 0.0516. The smallest absolute Gasteiger partial charge is 0.407 e. The van der Waals surface area contributed by atoms with Crippen LogP contribution in [0.3, 0.4) is 0 Å². The number of rotatable bonds is 5. The quantitative estimate of drug-likeness (QED) is 0.367. The van der Waals surface area contributed by atoms with Gasteiger partial charge in [-0.3, -0.25) is 20.4 Å². The molecule has 2 heterocycles. The number of hydrogen-bond donors (Lipinski definition) is 3. The molecule has 11 heteroatoms. The Hall–Kier alpha value is -2.85. The largest absolute Gasteiger partial charge is 0.444 e. The van der Waals surface area contributed by atoms with Gasteiger partial charge in [0.1, 0.15) is 10.8 Å². The van der Waals surface area contributed by atoms with Crippen molar-refractivity contribution >= 4 is 51.1 Å². The lowest BCUT2D eigenvalue weighted by Crippen LogP contribution is -2.43. The van der Waals surface area contributed by atoms with Gasteiger partial charge in [-0.2, -0.15) is 0 Å². The van der Waals surface area contributed by atoms with Crippen LogP contribution in [0.5, 0.6) is 0 Å². The number of hydrazine groups is 1. The van der Waals surface area contributed by atoms with Gasteiger partial charge in [0.05, 0.1) is 11.3 Å². The first-order chi connectivity index (χ1) is 16.5. The van der Waals surface area contributed by atoms with Crippen molar-refractivity contribution < 1.29 is 19.1 Å². The van der Waals surface area contributed by atoms with Crippen LogP contribution in [0, 0.1) is 5.92 Å². The third kappa shape index (κ3) is 8.10. The third-order valence-electron chi connectivity index (χ3n) is 5.37. The molecule has 3 amide bonds. The highest BCUT2D eigenvalue weighted by Crippen LogP contribution is 2.29. The molecule has 1 aliphatic heterocycles. The van der Waals surface area contributed by atoms with E-state index in [4.69, 9.17) is 16.3 Å². The second-order valence-electron chi connectivity index (χ2n) is 9.25. The molecule has 1 fully saturated rings. The van der Waals surface area contributed by atoms with Crippen LogP contribution < -0.4 is 21.1 Å². The van der Waals surface area contributed by atoms with E-state index in [2.05, 4.69) is 42.0 Å². The van der Waals surface area contributed by atoms with Gasteiger partial charge < -0.3 is 15.0 Å². The number of benzene rings is 1. The number of halogens is 2. The first-order valence-electron chi connectivity index (χ1n) is 11.3. The molecule has 0 saturated carbocycles. The highest BCUT2D eigenvalue weighted by Gasteiger charge is 2.25. The van der Waals surface area contributed by atoms with E-state index in [9.17, 15) is 14.4 Å². The van der Waals surface area contributed by atoms with Gasteiger partial charge in [0, 0.05) is 35.9 Å². The van der Waals surface area contributed by atoms with Crippen molar-refractivity contribution in [1.82, 2.24) is 21.2 Å². The van der Waals surface area contributed by atoms with Crippen molar-refractivity contribution in [2.45, 2.75) is 39.2 Å². The second-order valence-corrected chi connectivity index (χ2v) is 10.6. The fourth-order valence-corrected chi connectivity index (χ4v) is 4.20. The molecule has 0 aliphatic carbocycles. The zero-order valence-corrected chi connectivity index (χ0v) is 22.2. The number of piperidine rings is 1. The van der Waals surface area contributed by atoms with Crippen molar-refractivity contribution in [2.24, 2.45) is 5.92 Å². The van der Waals surface area contributed by atoms with Gasteiger partial charge in [-0.25, -0.2) is 9.78 Å². The maximum absolute atomic E-state index is 12.9. The summed E-state index contributed by atoms with van der Waals surface area (Å²) >= 11 is 9.30. The van der Waals surface area contributed by atoms with E-state index in [1.165, 1.54) is 18.3 Å². The zero-order valence-electron chi connectivity index (χ0n) is 19.9. The van der Waals surface area contributed by atoms with E-state index in [0.29, 0.717) is 18.0 Å². The average molecular weight is 567 g/mol. The van der Waals surface area contributed by atoms with Crippen LogP contribution in [0.25, 0.3) is 0 Å². The van der Waals surface area contributed by atoms with Crippen LogP contribution in [-0.4, -0.2) is 48.1 Å². The van der Waals surface area contributed by atoms with Gasteiger partial charge in [-0.05, 0) is 69.9 Å². The standard InChI is InChI=1S/C24H29BrClN5O4/c1-24(2,3)35-23(34)28-14-15-7-10-31(11-8-15)19-13-17(25)4-5-18(19)22(33)30-29-21(32)16-6-9-27-20(26)12-16/h4-6,9,12-13,15H,7-8,10-11,14H2,1-3H3,(H,28,34)(H,29,32)(H,30,33). The highest BCUT2D eigenvalue weighted by molar-refractivity contribution is 9.10. The third-order valence-corrected chi connectivity index (χ3v) is 6.07. The Kier molecular flexibility index (Phi) is 8.96. The summed E-state index contributed by atoms with van der Waals surface area (Å²) in [7, 11) is 0. The predicted molar refractivity (Wildman–Crippen MR) is 137 cm³/mol. The Labute approximate surface area is 218 Å². The molecular formula is C24H29BrClN5O4. The summed E-state index contributed by atoms with van der Waals surface area (Å²) in [4.78, 5) is 43.1. The van der Waals surface area contributed by atoms with Crippen LogP contribution in [0.15, 0.2) is 41.0 Å². The molecule has 2 aromatic rings. The number of nitrogens with zero attached hydrogens (tertiary/aromatic N) is 2. The summed E-state index contributed by atoms with van der Waals surface area (Å²) in [5, 5.41) is 3.03. The van der Waals surface area contributed by atoms with Gasteiger partial charge in [-0.15, -0.1) is 0 Å². The van der Waals surface area contributed by atoms with Crippen LogP contribution >= 0.6 is 27.5 Å². The molecule has 1 saturated heterocycles. The van der Waals surface area contributed by atoms with Crippen molar-refractivity contribution in [3.8, 4) is 0 Å². The highest BCUT2D eigenvalue weighted by atomic mass is 79.9. The molecule has 0 unspecified atom stereocenters. The number of nitrogens with one attached hydrogen (secondary N) is 3. The molecule has 0 bridgehead atoms. The number of pyridine rings is 1. The SMILES string of the molecule is CC(C)(C)OC(=O)NCC1CCN(c2cc(Br)ccc2C(=O)NNC(=O)c2ccnc(Cl)c2)CC1. The molecular weight excluding hydrogens is 538 g/mol. The Balaban J connectivity index is 1.58. The molecule has 35 heavy (non-hydrogen) atoms. The summed E-state index contributed by atoms with van der Waals surface area (Å²) < 4.78 is 6.14. The van der Waals surface area contributed by atoms with Gasteiger partial charge in [0.15, 0.2) is 0 Å². The summed E-state index contributed by atoms with van der Waals surface area (Å²) in [6.45, 7) is 7.48. The van der Waals surface area contributed by atoms with E-state index >= 15 is 0 Å². The lowest BCUT2D eigenvalue weighted by Gasteiger charge is -2.35. The molecule has 188 valence electrons. The van der Waals surface area contributed by atoms with Gasteiger partial charge in [0.2, 0.25) is 0 Å². The zero-order chi connectivity index (χ0) is 25.6. The van der Waals surface area contributed by atoms with E-state index in [1.54, 1.807) is 12.1 Å². The average Bonchev–Trinajstić information content (AvgIpc) is 2.80. The van der Waals surface area contributed by atoms with E-state index < -0.39 is 23.5 Å². The minimum absolute atomic E-state index is 0.184. The fraction of sp³-hybridized carbons (Fsp3) is 0.417. The van der Waals surface area contributed by atoms with Crippen LogP contribution in [0.2, 0.25) is 5.15 Å². The van der Waals surface area contributed by atoms with Crippen molar-refractivity contribution in [1.29, 1.82) is 0 Å². The number of carbonyl (C=O) groups excluding carboxylic acids is 3. The Morgan fingerprint density at radius 3 is 2.46 bits per heavy atom. The van der Waals surface area contributed by atoms with Crippen LogP contribution in [0.4, 0.5) is 10.5 Å². The fourth-order valence-electron chi connectivity index (χ4n) is 3.68. The van der Waals surface area contributed by atoms with E-state index in [0.717, 1.165) is 36.1 Å². The molecule has 0 radical (unpaired) electrons. The Bertz CT molecular complexity index is 1080. The Morgan fingerprint density at radius 2 is 1.80 bits per heavy atom. The first-order valence-corrected chi connectivity index (χ1v) is 12.4. The number of hydrogen-bond acceptors (Lipinski definition) is 6. The number of ether oxygens (including phenoxy) is 1. The molecule has 0 spiro atoms. The molecule has 3 N–H and O–H groups in total. The maximum Gasteiger partial charge on any atom is 0.407 e. The maximum atomic E-state index is 12.9. The molecule has 3 rings (SSSR count). The van der Waals surface area contributed by atoms with Crippen molar-refractivity contribution in [3.05, 3.63) is 57.3 Å². The number of alkyl carbamates (subject to hydrolysis) is 1. The Morgan fingerprint density at radius 1 is 1.11 bits per heavy atom. The minimum atomic E-state index is -0.532. The molecule has 1 aliphatic rings. The minimum Gasteiger partial charge on any atom is -0.444 e. The first kappa shape index (κ1) is 26.7. The van der Waals surface area contributed by atoms with E-state index in [1.807, 2.05) is 26.8 Å². The second kappa shape index (κ2) is 11.7. The molecule has 1 aromatic carbocycles. The lowest BCUT2D eigenvalue weighted by atomic mass is 9.96. The van der Waals surface area contributed by atoms with Crippen molar-refractivity contribution in [3.63, 3.8) is 0 Å². The van der Waals surface area contributed by atoms with Crippen LogP contribution in [-0.2, 0) is 4.74 Å². The molecule has 9 nitrogen and oxygen atoms in total. The summed E-state index contributed by atoms with van der Waals surface area (Å²) in [5.74, 6) is -0.621. The number of amides is 3. The summed E-state index contributed by atoms with van der Waals surface area (Å²) in [6.07, 6.45) is 2.70. The number of carbonyl (C=O) groups is 3. The van der Waals surface area contributed by atoms with Gasteiger partial charge >= 0.3 is 6.09 Å². The topological polar surface area (TPSA) is 113 Å². The van der Waals surface area contributed by atoms with E-state index in [-0.39, 0.29) is 10.7 Å². The number of aromatic nitrogens is 1. The van der Waals surface area contributed by atoms with Crippen molar-refractivity contribution in [2.75, 3.05) is 24.5 Å². The van der Waals surface area contributed by atoms with Crippen LogP contribution in [0.1, 0.15) is 54.3 Å². The van der Waals surface area contributed by atoms with Gasteiger partial charge in [0.25, 0.3) is 11.8 Å². The molecule has 0 atom stereocenters. The summed E-state index contributed by atoms with van der Waals surface area (Å²) in [6, 6.07) is 8.29. The monoisotopic (exact) mass is 565 g/mol. The summed E-state index contributed by atoms with van der Waals surface area (Å²) in [5.41, 5.74) is 5.83. The molecule has 1 aromatic heterocycles. The van der Waals surface area contributed by atoms with Gasteiger partial charge in [-0.1, -0.05) is 27.5 Å². The predicted octanol–water partition coefficient (Wildman–Crippen LogP) is 4.31.